The van der Waals surface area contributed by atoms with Gasteiger partial charge in [0.2, 0.25) is 0 Å². The van der Waals surface area contributed by atoms with Gasteiger partial charge in [-0.25, -0.2) is 0 Å². The molecule has 132 valence electrons. The van der Waals surface area contributed by atoms with Crippen LogP contribution in [0.2, 0.25) is 0 Å². The van der Waals surface area contributed by atoms with E-state index in [9.17, 15) is 0 Å². The van der Waals surface area contributed by atoms with Gasteiger partial charge < -0.3 is 9.47 Å². The van der Waals surface area contributed by atoms with Crippen LogP contribution in [0.5, 0.6) is 11.5 Å². The van der Waals surface area contributed by atoms with Crippen LogP contribution in [0.1, 0.15) is 41.5 Å². The molecule has 25 heavy (non-hydrogen) atoms. The average molecular weight is 338 g/mol. The Hall–Kier alpha value is -2.04. The lowest BCUT2D eigenvalue weighted by Gasteiger charge is -2.28. The maximum atomic E-state index is 5.80. The lowest BCUT2D eigenvalue weighted by molar-refractivity contribution is 0.121. The highest BCUT2D eigenvalue weighted by atomic mass is 16.5. The van der Waals surface area contributed by atoms with E-state index in [1.54, 1.807) is 0 Å². The second kappa shape index (κ2) is 6.70. The van der Waals surface area contributed by atoms with Gasteiger partial charge in [-0.15, -0.1) is 0 Å². The SMILES string of the molecule is CCC(c1ccc2c(c1)CN(C)CO2)c1ccc2c(c1)CN(C)CO2. The molecule has 4 rings (SSSR count). The van der Waals surface area contributed by atoms with Crippen molar-refractivity contribution in [2.75, 3.05) is 27.6 Å². The molecule has 0 atom stereocenters. The molecule has 0 spiro atoms. The zero-order valence-electron chi connectivity index (χ0n) is 15.3. The van der Waals surface area contributed by atoms with Crippen LogP contribution in [-0.4, -0.2) is 37.4 Å². The summed E-state index contributed by atoms with van der Waals surface area (Å²) in [5.41, 5.74) is 5.30. The first-order chi connectivity index (χ1) is 12.1. The van der Waals surface area contributed by atoms with Crippen molar-refractivity contribution in [2.24, 2.45) is 0 Å². The molecular formula is C21H26N2O2. The quantitative estimate of drug-likeness (QED) is 0.850. The van der Waals surface area contributed by atoms with Gasteiger partial charge in [0.15, 0.2) is 0 Å². The zero-order valence-corrected chi connectivity index (χ0v) is 15.3. The zero-order chi connectivity index (χ0) is 17.4. The van der Waals surface area contributed by atoms with Gasteiger partial charge >= 0.3 is 0 Å². The molecule has 4 nitrogen and oxygen atoms in total. The van der Waals surface area contributed by atoms with Gasteiger partial charge in [-0.1, -0.05) is 31.2 Å². The molecular weight excluding hydrogens is 312 g/mol. The van der Waals surface area contributed by atoms with E-state index < -0.39 is 0 Å². The largest absolute Gasteiger partial charge is 0.478 e. The average Bonchev–Trinajstić information content (AvgIpc) is 2.61. The van der Waals surface area contributed by atoms with Crippen LogP contribution >= 0.6 is 0 Å². The predicted molar refractivity (Wildman–Crippen MR) is 98.9 cm³/mol. The van der Waals surface area contributed by atoms with Gasteiger partial charge in [-0.2, -0.15) is 0 Å². The van der Waals surface area contributed by atoms with E-state index in [0.29, 0.717) is 19.4 Å². The summed E-state index contributed by atoms with van der Waals surface area (Å²) < 4.78 is 11.6. The van der Waals surface area contributed by atoms with Crippen LogP contribution in [0.25, 0.3) is 0 Å². The van der Waals surface area contributed by atoms with E-state index in [1.165, 1.54) is 22.3 Å². The number of fused-ring (bicyclic) bond motifs is 2. The van der Waals surface area contributed by atoms with E-state index in [1.807, 2.05) is 0 Å². The maximum Gasteiger partial charge on any atom is 0.142 e. The number of ether oxygens (including phenoxy) is 2. The maximum absolute atomic E-state index is 5.80. The van der Waals surface area contributed by atoms with Crippen molar-refractivity contribution >= 4 is 0 Å². The van der Waals surface area contributed by atoms with Gasteiger partial charge in [-0.3, -0.25) is 9.80 Å². The topological polar surface area (TPSA) is 24.9 Å². The summed E-state index contributed by atoms with van der Waals surface area (Å²) in [4.78, 5) is 4.39. The van der Waals surface area contributed by atoms with Gasteiger partial charge in [0, 0.05) is 30.1 Å². The van der Waals surface area contributed by atoms with Crippen molar-refractivity contribution in [1.29, 1.82) is 0 Å². The van der Waals surface area contributed by atoms with Gasteiger partial charge in [0.25, 0.3) is 0 Å². The fraction of sp³-hybridized carbons (Fsp3) is 0.429. The lowest BCUT2D eigenvalue weighted by Crippen LogP contribution is -2.28. The third-order valence-electron chi connectivity index (χ3n) is 5.14. The van der Waals surface area contributed by atoms with Gasteiger partial charge in [-0.05, 0) is 43.8 Å². The smallest absolute Gasteiger partial charge is 0.142 e. The summed E-state index contributed by atoms with van der Waals surface area (Å²) in [6, 6.07) is 13.4. The predicted octanol–water partition coefficient (Wildman–Crippen LogP) is 3.79. The van der Waals surface area contributed by atoms with Crippen molar-refractivity contribution in [3.8, 4) is 11.5 Å². The van der Waals surface area contributed by atoms with Crippen molar-refractivity contribution in [3.63, 3.8) is 0 Å². The summed E-state index contributed by atoms with van der Waals surface area (Å²) >= 11 is 0. The van der Waals surface area contributed by atoms with Crippen molar-refractivity contribution in [3.05, 3.63) is 58.7 Å². The molecule has 0 radical (unpaired) electrons. The number of hydrogen-bond donors (Lipinski definition) is 0. The molecule has 0 aromatic heterocycles. The summed E-state index contributed by atoms with van der Waals surface area (Å²) in [5.74, 6) is 2.45. The van der Waals surface area contributed by atoms with Gasteiger partial charge in [0.1, 0.15) is 25.0 Å². The van der Waals surface area contributed by atoms with Gasteiger partial charge in [0.05, 0.1) is 0 Å². The second-order valence-corrected chi connectivity index (χ2v) is 7.27. The van der Waals surface area contributed by atoms with E-state index in [4.69, 9.17) is 9.47 Å². The molecule has 0 saturated heterocycles. The Morgan fingerprint density at radius 2 is 1.32 bits per heavy atom. The molecule has 2 heterocycles. The van der Waals surface area contributed by atoms with E-state index >= 15 is 0 Å². The van der Waals surface area contributed by atoms with E-state index in [0.717, 1.165) is 31.0 Å². The monoisotopic (exact) mass is 338 g/mol. The Balaban J connectivity index is 1.67. The van der Waals surface area contributed by atoms with Crippen LogP contribution in [0.15, 0.2) is 36.4 Å². The molecule has 2 aromatic carbocycles. The molecule has 0 saturated carbocycles. The fourth-order valence-electron chi connectivity index (χ4n) is 3.86. The Morgan fingerprint density at radius 3 is 1.76 bits per heavy atom. The highest BCUT2D eigenvalue weighted by Gasteiger charge is 2.21. The highest BCUT2D eigenvalue weighted by Crippen LogP contribution is 2.35. The second-order valence-electron chi connectivity index (χ2n) is 7.27. The fourth-order valence-corrected chi connectivity index (χ4v) is 3.86. The molecule has 2 aliphatic heterocycles. The molecule has 0 bridgehead atoms. The summed E-state index contributed by atoms with van der Waals surface area (Å²) in [6.45, 7) is 5.49. The van der Waals surface area contributed by atoms with Crippen molar-refractivity contribution in [2.45, 2.75) is 32.4 Å². The third-order valence-corrected chi connectivity index (χ3v) is 5.14. The standard InChI is InChI=1S/C21H26N2O2/c1-4-19(15-5-7-20-17(9-15)11-22(2)13-24-20)16-6-8-21-18(10-16)12-23(3)14-25-21/h5-10,19H,4,11-14H2,1-3H3. The molecule has 0 N–H and O–H groups in total. The van der Waals surface area contributed by atoms with Crippen LogP contribution in [-0.2, 0) is 13.1 Å². The summed E-state index contributed by atoms with van der Waals surface area (Å²) in [6.07, 6.45) is 1.07. The Bertz CT molecular complexity index is 711. The third kappa shape index (κ3) is 3.24. The van der Waals surface area contributed by atoms with E-state index in [2.05, 4.69) is 67.2 Å². The summed E-state index contributed by atoms with van der Waals surface area (Å²) in [5, 5.41) is 0. The lowest BCUT2D eigenvalue weighted by atomic mass is 9.87. The number of benzene rings is 2. The minimum Gasteiger partial charge on any atom is -0.478 e. The number of rotatable bonds is 3. The van der Waals surface area contributed by atoms with Crippen molar-refractivity contribution < 1.29 is 9.47 Å². The Morgan fingerprint density at radius 1 is 0.840 bits per heavy atom. The van der Waals surface area contributed by atoms with Crippen molar-refractivity contribution in [1.82, 2.24) is 9.80 Å². The minimum atomic E-state index is 0.398. The normalized spacial score (nSPS) is 17.6. The number of hydrogen-bond acceptors (Lipinski definition) is 4. The van der Waals surface area contributed by atoms with Crippen LogP contribution in [0, 0.1) is 0 Å². The molecule has 4 heteroatoms. The molecule has 2 aromatic rings. The first-order valence-corrected chi connectivity index (χ1v) is 9.02. The van der Waals surface area contributed by atoms with Crippen LogP contribution in [0.4, 0.5) is 0 Å². The number of nitrogens with zero attached hydrogens (tertiary/aromatic N) is 2. The van der Waals surface area contributed by atoms with Crippen LogP contribution < -0.4 is 9.47 Å². The minimum absolute atomic E-state index is 0.398. The molecule has 0 fully saturated rings. The summed E-state index contributed by atoms with van der Waals surface area (Å²) in [7, 11) is 4.18. The highest BCUT2D eigenvalue weighted by molar-refractivity contribution is 5.45. The Labute approximate surface area is 150 Å². The molecule has 0 aliphatic carbocycles. The molecule has 0 unspecified atom stereocenters. The van der Waals surface area contributed by atoms with Crippen LogP contribution in [0.3, 0.4) is 0 Å². The Kier molecular flexibility index (Phi) is 4.40. The first-order valence-electron chi connectivity index (χ1n) is 9.02. The molecule has 0 amide bonds. The van der Waals surface area contributed by atoms with E-state index in [-0.39, 0.29) is 0 Å². The molecule has 2 aliphatic rings. The first kappa shape index (κ1) is 16.4.